The summed E-state index contributed by atoms with van der Waals surface area (Å²) in [5, 5.41) is 0. The highest BCUT2D eigenvalue weighted by atomic mass is 16.7. The van der Waals surface area contributed by atoms with Crippen LogP contribution in [0.4, 0.5) is 0 Å². The fourth-order valence-corrected chi connectivity index (χ4v) is 3.93. The van der Waals surface area contributed by atoms with Gasteiger partial charge in [0, 0.05) is 20.0 Å². The Bertz CT molecular complexity index is 860. The molecule has 6 nitrogen and oxygen atoms in total. The van der Waals surface area contributed by atoms with Gasteiger partial charge in [0.1, 0.15) is 0 Å². The molecule has 0 bridgehead atoms. The molecule has 7 heteroatoms. The summed E-state index contributed by atoms with van der Waals surface area (Å²) in [4.78, 5) is 18.3. The fraction of sp³-hybridized carbons (Fsp3) is 0.600. The number of benzene rings is 1. The van der Waals surface area contributed by atoms with Gasteiger partial charge >= 0.3 is 7.12 Å². The van der Waals surface area contributed by atoms with Gasteiger partial charge < -0.3 is 18.8 Å². The van der Waals surface area contributed by atoms with E-state index in [4.69, 9.17) is 9.31 Å². The van der Waals surface area contributed by atoms with Gasteiger partial charge in [-0.2, -0.15) is 0 Å². The van der Waals surface area contributed by atoms with Gasteiger partial charge in [0.2, 0.25) is 5.91 Å². The van der Waals surface area contributed by atoms with E-state index in [0.29, 0.717) is 0 Å². The van der Waals surface area contributed by atoms with Crippen molar-refractivity contribution < 1.29 is 14.1 Å². The molecule has 2 saturated heterocycles. The predicted octanol–water partition coefficient (Wildman–Crippen LogP) is 2.52. The molecule has 2 aromatic rings. The standard InChI is InChI=1S/C20H28BN3O3/c1-14(25)23-10-6-7-16(12-23)24-13-22-17-9-8-15(11-18(17)24)21-26-19(2,3)20(4,5)27-21/h8-9,11,13,16H,6-7,10,12H2,1-5H3. The van der Waals surface area contributed by atoms with Crippen LogP contribution in [0.2, 0.25) is 0 Å². The molecule has 27 heavy (non-hydrogen) atoms. The molecule has 1 atom stereocenters. The first-order valence-electron chi connectivity index (χ1n) is 9.75. The Morgan fingerprint density at radius 1 is 1.22 bits per heavy atom. The number of piperidine rings is 1. The Balaban J connectivity index is 1.65. The van der Waals surface area contributed by atoms with Crippen molar-refractivity contribution in [2.24, 2.45) is 0 Å². The second-order valence-corrected chi connectivity index (χ2v) is 8.75. The van der Waals surface area contributed by atoms with Crippen LogP contribution in [-0.2, 0) is 14.1 Å². The number of carbonyl (C=O) groups is 1. The SMILES string of the molecule is CC(=O)N1CCCC(n2cnc3ccc(B4OC(C)(C)C(C)(C)O4)cc32)C1. The molecule has 0 radical (unpaired) electrons. The van der Waals surface area contributed by atoms with E-state index in [1.54, 1.807) is 6.92 Å². The third kappa shape index (κ3) is 3.17. The van der Waals surface area contributed by atoms with Gasteiger partial charge in [-0.05, 0) is 58.1 Å². The van der Waals surface area contributed by atoms with Crippen LogP contribution in [0, 0.1) is 0 Å². The first-order chi connectivity index (χ1) is 12.7. The predicted molar refractivity (Wildman–Crippen MR) is 106 cm³/mol. The van der Waals surface area contributed by atoms with Crippen LogP contribution >= 0.6 is 0 Å². The van der Waals surface area contributed by atoms with E-state index in [1.165, 1.54) is 0 Å². The minimum atomic E-state index is -0.386. The van der Waals surface area contributed by atoms with Crippen LogP contribution in [0.15, 0.2) is 24.5 Å². The molecule has 0 aliphatic carbocycles. The lowest BCUT2D eigenvalue weighted by Gasteiger charge is -2.33. The van der Waals surface area contributed by atoms with Gasteiger partial charge in [-0.15, -0.1) is 0 Å². The number of amides is 1. The fourth-order valence-electron chi connectivity index (χ4n) is 3.93. The summed E-state index contributed by atoms with van der Waals surface area (Å²) in [5.41, 5.74) is 2.30. The maximum atomic E-state index is 11.8. The van der Waals surface area contributed by atoms with E-state index >= 15 is 0 Å². The van der Waals surface area contributed by atoms with E-state index < -0.39 is 0 Å². The van der Waals surface area contributed by atoms with Crippen LogP contribution in [0.5, 0.6) is 0 Å². The van der Waals surface area contributed by atoms with E-state index in [-0.39, 0.29) is 30.3 Å². The van der Waals surface area contributed by atoms with Crippen molar-refractivity contribution in [2.45, 2.75) is 64.7 Å². The minimum Gasteiger partial charge on any atom is -0.399 e. The second kappa shape index (κ2) is 6.35. The number of likely N-dealkylation sites (tertiary alicyclic amines) is 1. The van der Waals surface area contributed by atoms with Crippen molar-refractivity contribution in [3.05, 3.63) is 24.5 Å². The summed E-state index contributed by atoms with van der Waals surface area (Å²) in [6.45, 7) is 11.5. The maximum Gasteiger partial charge on any atom is 0.494 e. The average molecular weight is 369 g/mol. The van der Waals surface area contributed by atoms with E-state index in [2.05, 4.69) is 43.3 Å². The summed E-state index contributed by atoms with van der Waals surface area (Å²) in [6.07, 6.45) is 3.96. The van der Waals surface area contributed by atoms with E-state index in [0.717, 1.165) is 42.4 Å². The number of hydrogen-bond donors (Lipinski definition) is 0. The number of nitrogens with zero attached hydrogens (tertiary/aromatic N) is 3. The Morgan fingerprint density at radius 2 is 1.93 bits per heavy atom. The van der Waals surface area contributed by atoms with Crippen LogP contribution in [0.1, 0.15) is 53.5 Å². The number of fused-ring (bicyclic) bond motifs is 1. The molecule has 2 fully saturated rings. The van der Waals surface area contributed by atoms with Crippen molar-refractivity contribution >= 4 is 29.5 Å². The van der Waals surface area contributed by atoms with Crippen molar-refractivity contribution in [2.75, 3.05) is 13.1 Å². The Labute approximate surface area is 161 Å². The highest BCUT2D eigenvalue weighted by molar-refractivity contribution is 6.62. The van der Waals surface area contributed by atoms with E-state index in [1.807, 2.05) is 23.4 Å². The van der Waals surface area contributed by atoms with Gasteiger partial charge in [-0.25, -0.2) is 4.98 Å². The molecule has 4 rings (SSSR count). The number of aromatic nitrogens is 2. The van der Waals surface area contributed by atoms with Gasteiger partial charge in [-0.3, -0.25) is 4.79 Å². The summed E-state index contributed by atoms with van der Waals surface area (Å²) >= 11 is 0. The average Bonchev–Trinajstić information content (AvgIpc) is 3.12. The molecule has 2 aliphatic rings. The van der Waals surface area contributed by atoms with Crippen molar-refractivity contribution in [1.29, 1.82) is 0 Å². The molecule has 1 unspecified atom stereocenters. The summed E-state index contributed by atoms with van der Waals surface area (Å²) in [5.74, 6) is 0.141. The lowest BCUT2D eigenvalue weighted by Crippen LogP contribution is -2.41. The normalized spacial score (nSPS) is 24.6. The van der Waals surface area contributed by atoms with Gasteiger partial charge in [-0.1, -0.05) is 6.07 Å². The highest BCUT2D eigenvalue weighted by Gasteiger charge is 2.51. The topological polar surface area (TPSA) is 56.6 Å². The summed E-state index contributed by atoms with van der Waals surface area (Å²) in [7, 11) is -0.386. The molecule has 3 heterocycles. The molecule has 0 N–H and O–H groups in total. The first kappa shape index (κ1) is 18.5. The third-order valence-corrected chi connectivity index (χ3v) is 6.36. The summed E-state index contributed by atoms with van der Waals surface area (Å²) in [6, 6.07) is 6.43. The number of rotatable bonds is 2. The van der Waals surface area contributed by atoms with Crippen molar-refractivity contribution in [3.8, 4) is 0 Å². The molecule has 144 valence electrons. The quantitative estimate of drug-likeness (QED) is 0.764. The Kier molecular flexibility index (Phi) is 4.35. The molecular weight excluding hydrogens is 341 g/mol. The number of carbonyl (C=O) groups excluding carboxylic acids is 1. The van der Waals surface area contributed by atoms with Crippen molar-refractivity contribution in [3.63, 3.8) is 0 Å². The highest BCUT2D eigenvalue weighted by Crippen LogP contribution is 2.36. The maximum absolute atomic E-state index is 11.8. The zero-order valence-corrected chi connectivity index (χ0v) is 16.9. The van der Waals surface area contributed by atoms with E-state index in [9.17, 15) is 4.79 Å². The zero-order valence-electron chi connectivity index (χ0n) is 16.9. The molecule has 1 aromatic carbocycles. The lowest BCUT2D eigenvalue weighted by atomic mass is 9.79. The van der Waals surface area contributed by atoms with Gasteiger partial charge in [0.25, 0.3) is 0 Å². The van der Waals surface area contributed by atoms with Gasteiger partial charge in [0.15, 0.2) is 0 Å². The lowest BCUT2D eigenvalue weighted by molar-refractivity contribution is -0.130. The molecule has 2 aliphatic heterocycles. The van der Waals surface area contributed by atoms with Gasteiger partial charge in [0.05, 0.1) is 34.6 Å². The second-order valence-electron chi connectivity index (χ2n) is 8.75. The van der Waals surface area contributed by atoms with Crippen molar-refractivity contribution in [1.82, 2.24) is 14.5 Å². The minimum absolute atomic E-state index is 0.141. The van der Waals surface area contributed by atoms with Crippen LogP contribution < -0.4 is 5.46 Å². The first-order valence-corrected chi connectivity index (χ1v) is 9.75. The largest absolute Gasteiger partial charge is 0.494 e. The Morgan fingerprint density at radius 3 is 2.59 bits per heavy atom. The molecular formula is C20H28BN3O3. The van der Waals surface area contributed by atoms with Crippen LogP contribution in [0.25, 0.3) is 11.0 Å². The monoisotopic (exact) mass is 369 g/mol. The summed E-state index contributed by atoms with van der Waals surface area (Å²) < 4.78 is 14.6. The Hall–Kier alpha value is -1.86. The van der Waals surface area contributed by atoms with Crippen LogP contribution in [0.3, 0.4) is 0 Å². The zero-order chi connectivity index (χ0) is 19.4. The molecule has 0 saturated carbocycles. The molecule has 0 spiro atoms. The molecule has 1 amide bonds. The third-order valence-electron chi connectivity index (χ3n) is 6.36. The van der Waals surface area contributed by atoms with Crippen LogP contribution in [-0.4, -0.2) is 51.8 Å². The molecule has 1 aromatic heterocycles. The number of hydrogen-bond acceptors (Lipinski definition) is 4. The number of imidazole rings is 1. The smallest absolute Gasteiger partial charge is 0.399 e.